The first-order valence-corrected chi connectivity index (χ1v) is 8.85. The number of benzene rings is 1. The molecule has 142 valence electrons. The van der Waals surface area contributed by atoms with Crippen LogP contribution in [-0.2, 0) is 12.1 Å². The van der Waals surface area contributed by atoms with Crippen molar-refractivity contribution in [1.82, 2.24) is 15.1 Å². The molecule has 2 rings (SSSR count). The van der Waals surface area contributed by atoms with Gasteiger partial charge in [0.25, 0.3) is 5.91 Å². The minimum Gasteiger partial charge on any atom is -0.375 e. The summed E-state index contributed by atoms with van der Waals surface area (Å²) in [6.45, 7) is 10.6. The Bertz CT molecular complexity index is 788. The molecule has 0 aliphatic carbocycles. The third-order valence-corrected chi connectivity index (χ3v) is 4.14. The van der Waals surface area contributed by atoms with E-state index in [1.807, 2.05) is 16.8 Å². The second-order valence-corrected chi connectivity index (χ2v) is 8.05. The summed E-state index contributed by atoms with van der Waals surface area (Å²) in [5, 5.41) is 7.32. The van der Waals surface area contributed by atoms with Crippen LogP contribution in [0.4, 0.5) is 10.1 Å². The van der Waals surface area contributed by atoms with Crippen molar-refractivity contribution in [3.05, 3.63) is 47.0 Å². The lowest BCUT2D eigenvalue weighted by atomic mass is 10.1. The lowest BCUT2D eigenvalue weighted by molar-refractivity contribution is 0.0944. The van der Waals surface area contributed by atoms with Gasteiger partial charge < -0.3 is 10.2 Å². The van der Waals surface area contributed by atoms with Crippen LogP contribution in [-0.4, -0.2) is 29.8 Å². The van der Waals surface area contributed by atoms with E-state index in [2.05, 4.69) is 45.0 Å². The molecule has 0 unspecified atom stereocenters. The molecule has 6 heteroatoms. The second-order valence-electron chi connectivity index (χ2n) is 8.05. The monoisotopic (exact) mass is 360 g/mol. The highest BCUT2D eigenvalue weighted by molar-refractivity contribution is 5.92. The van der Waals surface area contributed by atoms with E-state index in [-0.39, 0.29) is 29.7 Å². The zero-order chi connectivity index (χ0) is 19.6. The Morgan fingerprint density at radius 1 is 1.27 bits per heavy atom. The van der Waals surface area contributed by atoms with Gasteiger partial charge in [-0.05, 0) is 50.5 Å². The summed E-state index contributed by atoms with van der Waals surface area (Å²) in [6, 6.07) is 6.80. The summed E-state index contributed by atoms with van der Waals surface area (Å²) >= 11 is 0. The number of amides is 1. The van der Waals surface area contributed by atoms with Crippen LogP contribution in [0.15, 0.2) is 24.3 Å². The molecule has 0 saturated carbocycles. The number of hydrogen-bond donors (Lipinski definition) is 1. The third-order valence-electron chi connectivity index (χ3n) is 4.14. The Balaban J connectivity index is 2.15. The third kappa shape index (κ3) is 4.42. The molecule has 1 N–H and O–H groups in total. The average molecular weight is 360 g/mol. The van der Waals surface area contributed by atoms with Gasteiger partial charge in [0.2, 0.25) is 0 Å². The van der Waals surface area contributed by atoms with E-state index in [4.69, 9.17) is 0 Å². The van der Waals surface area contributed by atoms with E-state index < -0.39 is 0 Å². The number of carbonyl (C=O) groups excluding carboxylic acids is 1. The molecule has 0 radical (unpaired) electrons. The summed E-state index contributed by atoms with van der Waals surface area (Å²) in [7, 11) is 3.58. The Morgan fingerprint density at radius 3 is 2.38 bits per heavy atom. The number of hydrogen-bond acceptors (Lipinski definition) is 3. The standard InChI is InChI=1S/C20H29FN4O/c1-13(2)18-11-16(23-25(18)20(3,4)5)19(26)22-12-14-8-9-17(24(6)7)15(21)10-14/h8-11,13H,12H2,1-7H3,(H,22,26). The van der Waals surface area contributed by atoms with E-state index in [9.17, 15) is 9.18 Å². The molecule has 1 aromatic carbocycles. The van der Waals surface area contributed by atoms with Gasteiger partial charge in [-0.3, -0.25) is 9.48 Å². The Labute approximate surface area is 155 Å². The lowest BCUT2D eigenvalue weighted by Crippen LogP contribution is -2.27. The summed E-state index contributed by atoms with van der Waals surface area (Å²) in [5.74, 6) is -0.302. The van der Waals surface area contributed by atoms with Crippen molar-refractivity contribution < 1.29 is 9.18 Å². The molecule has 0 spiro atoms. The van der Waals surface area contributed by atoms with Crippen molar-refractivity contribution in [2.45, 2.75) is 52.6 Å². The predicted octanol–water partition coefficient (Wildman–Crippen LogP) is 3.90. The number of nitrogens with one attached hydrogen (secondary N) is 1. The molecule has 1 amide bonds. The van der Waals surface area contributed by atoms with Gasteiger partial charge in [0, 0.05) is 26.3 Å². The zero-order valence-electron chi connectivity index (χ0n) is 16.7. The number of aromatic nitrogens is 2. The SMILES string of the molecule is CC(C)c1cc(C(=O)NCc2ccc(N(C)C)c(F)c2)nn1C(C)(C)C. The maximum Gasteiger partial charge on any atom is 0.272 e. The normalized spacial score (nSPS) is 11.7. The van der Waals surface area contributed by atoms with E-state index in [1.165, 1.54) is 6.07 Å². The summed E-state index contributed by atoms with van der Waals surface area (Å²) in [4.78, 5) is 14.2. The number of anilines is 1. The minimum absolute atomic E-state index is 0.205. The molecule has 1 aromatic heterocycles. The van der Waals surface area contributed by atoms with Crippen LogP contribution >= 0.6 is 0 Å². The summed E-state index contributed by atoms with van der Waals surface area (Å²) in [5.41, 5.74) is 2.42. The maximum absolute atomic E-state index is 14.1. The summed E-state index contributed by atoms with van der Waals surface area (Å²) in [6.07, 6.45) is 0. The van der Waals surface area contributed by atoms with Gasteiger partial charge in [0.05, 0.1) is 11.2 Å². The van der Waals surface area contributed by atoms with E-state index >= 15 is 0 Å². The zero-order valence-corrected chi connectivity index (χ0v) is 16.7. The Kier molecular flexibility index (Phi) is 5.74. The van der Waals surface area contributed by atoms with Crippen molar-refractivity contribution in [1.29, 1.82) is 0 Å². The van der Waals surface area contributed by atoms with Crippen molar-refractivity contribution in [3.63, 3.8) is 0 Å². The topological polar surface area (TPSA) is 50.2 Å². The predicted molar refractivity (Wildman–Crippen MR) is 103 cm³/mol. The second kappa shape index (κ2) is 7.48. The number of nitrogens with zero attached hydrogens (tertiary/aromatic N) is 3. The van der Waals surface area contributed by atoms with Crippen LogP contribution in [0.5, 0.6) is 0 Å². The maximum atomic E-state index is 14.1. The smallest absolute Gasteiger partial charge is 0.272 e. The van der Waals surface area contributed by atoms with Crippen molar-refractivity contribution in [2.24, 2.45) is 0 Å². The first kappa shape index (κ1) is 19.9. The van der Waals surface area contributed by atoms with Crippen molar-refractivity contribution in [2.75, 3.05) is 19.0 Å². The average Bonchev–Trinajstić information content (AvgIpc) is 2.98. The van der Waals surface area contributed by atoms with Crippen LogP contribution in [0.2, 0.25) is 0 Å². The fraction of sp³-hybridized carbons (Fsp3) is 0.500. The Hall–Kier alpha value is -2.37. The molecule has 26 heavy (non-hydrogen) atoms. The van der Waals surface area contributed by atoms with Crippen LogP contribution in [0.3, 0.4) is 0 Å². The van der Waals surface area contributed by atoms with Gasteiger partial charge in [-0.25, -0.2) is 4.39 Å². The number of halogens is 1. The molecule has 2 aromatic rings. The van der Waals surface area contributed by atoms with E-state index in [0.29, 0.717) is 16.9 Å². The van der Waals surface area contributed by atoms with Gasteiger partial charge in [0.15, 0.2) is 0 Å². The summed E-state index contributed by atoms with van der Waals surface area (Å²) < 4.78 is 16.0. The molecule has 0 aliphatic heterocycles. The van der Waals surface area contributed by atoms with Crippen LogP contribution in [0.1, 0.15) is 62.3 Å². The Morgan fingerprint density at radius 2 is 1.92 bits per heavy atom. The largest absolute Gasteiger partial charge is 0.375 e. The highest BCUT2D eigenvalue weighted by atomic mass is 19.1. The van der Waals surface area contributed by atoms with E-state index in [0.717, 1.165) is 5.69 Å². The molecular weight excluding hydrogens is 331 g/mol. The molecular formula is C20H29FN4O. The highest BCUT2D eigenvalue weighted by Gasteiger charge is 2.23. The first-order chi connectivity index (χ1) is 12.0. The van der Waals surface area contributed by atoms with Crippen molar-refractivity contribution >= 4 is 11.6 Å². The lowest BCUT2D eigenvalue weighted by Gasteiger charge is -2.23. The van der Waals surface area contributed by atoms with Crippen molar-refractivity contribution in [3.8, 4) is 0 Å². The molecule has 0 bridgehead atoms. The molecule has 0 atom stereocenters. The highest BCUT2D eigenvalue weighted by Crippen LogP contribution is 2.23. The van der Waals surface area contributed by atoms with Crippen LogP contribution < -0.4 is 10.2 Å². The number of rotatable bonds is 5. The first-order valence-electron chi connectivity index (χ1n) is 8.85. The fourth-order valence-electron chi connectivity index (χ4n) is 2.75. The van der Waals surface area contributed by atoms with Gasteiger partial charge in [0.1, 0.15) is 11.5 Å². The van der Waals surface area contributed by atoms with Gasteiger partial charge >= 0.3 is 0 Å². The van der Waals surface area contributed by atoms with E-state index in [1.54, 1.807) is 25.1 Å². The quantitative estimate of drug-likeness (QED) is 0.880. The van der Waals surface area contributed by atoms with Gasteiger partial charge in [-0.15, -0.1) is 0 Å². The molecule has 1 heterocycles. The molecule has 0 saturated heterocycles. The minimum atomic E-state index is -0.305. The van der Waals surface area contributed by atoms with Crippen LogP contribution in [0.25, 0.3) is 0 Å². The van der Waals surface area contributed by atoms with Crippen LogP contribution in [0, 0.1) is 5.82 Å². The molecule has 0 aliphatic rings. The van der Waals surface area contributed by atoms with Gasteiger partial charge in [-0.1, -0.05) is 19.9 Å². The number of carbonyl (C=O) groups is 1. The fourth-order valence-corrected chi connectivity index (χ4v) is 2.75. The van der Waals surface area contributed by atoms with Gasteiger partial charge in [-0.2, -0.15) is 5.10 Å². The molecule has 0 fully saturated rings. The molecule has 5 nitrogen and oxygen atoms in total.